The summed E-state index contributed by atoms with van der Waals surface area (Å²) in [6.45, 7) is 9.95. The van der Waals surface area contributed by atoms with Crippen molar-refractivity contribution in [2.24, 2.45) is 0 Å². The first-order chi connectivity index (χ1) is 11.7. The molecule has 0 bridgehead atoms. The van der Waals surface area contributed by atoms with E-state index >= 15 is 0 Å². The lowest BCUT2D eigenvalue weighted by Gasteiger charge is -2.34. The van der Waals surface area contributed by atoms with E-state index in [-0.39, 0.29) is 5.91 Å². The van der Waals surface area contributed by atoms with Crippen molar-refractivity contribution < 1.29 is 4.79 Å². The Morgan fingerprint density at radius 3 is 2.79 bits per heavy atom. The van der Waals surface area contributed by atoms with Gasteiger partial charge in [-0.1, -0.05) is 13.0 Å². The van der Waals surface area contributed by atoms with Crippen molar-refractivity contribution >= 4 is 17.4 Å². The minimum absolute atomic E-state index is 0.0416. The van der Waals surface area contributed by atoms with Crippen LogP contribution in [0.3, 0.4) is 0 Å². The minimum Gasteiger partial charge on any atom is -0.353 e. The third-order valence-electron chi connectivity index (χ3n) is 4.14. The van der Waals surface area contributed by atoms with E-state index in [1.54, 1.807) is 6.08 Å². The number of rotatable bonds is 6. The number of nitrogens with zero attached hydrogens (tertiary/aromatic N) is 6. The van der Waals surface area contributed by atoms with Gasteiger partial charge in [0, 0.05) is 39.1 Å². The number of piperazine rings is 1. The molecule has 0 atom stereocenters. The molecule has 0 unspecified atom stereocenters. The molecule has 2 aromatic rings. The van der Waals surface area contributed by atoms with Crippen molar-refractivity contribution in [3.05, 3.63) is 30.6 Å². The Hall–Kier alpha value is -2.48. The normalized spacial score (nSPS) is 15.6. The number of amides is 1. The first-order valence-electron chi connectivity index (χ1n) is 8.27. The fourth-order valence-corrected chi connectivity index (χ4v) is 2.79. The lowest BCUT2D eigenvalue weighted by molar-refractivity contribution is -0.122. The van der Waals surface area contributed by atoms with Crippen LogP contribution in [0.2, 0.25) is 0 Å². The summed E-state index contributed by atoms with van der Waals surface area (Å²) in [6, 6.07) is 3.93. The zero-order chi connectivity index (χ0) is 16.9. The van der Waals surface area contributed by atoms with Crippen molar-refractivity contribution in [2.75, 3.05) is 44.2 Å². The van der Waals surface area contributed by atoms with Crippen LogP contribution in [0, 0.1) is 0 Å². The standard InChI is InChI=1S/C16H23N7O/c1-3-7-17-16(24)12-21-8-10-22(11-9-21)15-6-5-14-19-18-13(4-2)23(14)20-15/h3,5-6H,1,4,7-12H2,2H3,(H,17,24). The predicted molar refractivity (Wildman–Crippen MR) is 92.0 cm³/mol. The highest BCUT2D eigenvalue weighted by Gasteiger charge is 2.20. The highest BCUT2D eigenvalue weighted by molar-refractivity contribution is 5.78. The fraction of sp³-hybridized carbons (Fsp3) is 0.500. The van der Waals surface area contributed by atoms with Crippen molar-refractivity contribution in [3.8, 4) is 0 Å². The van der Waals surface area contributed by atoms with Crippen molar-refractivity contribution in [3.63, 3.8) is 0 Å². The highest BCUT2D eigenvalue weighted by atomic mass is 16.2. The van der Waals surface area contributed by atoms with Crippen LogP contribution in [0.15, 0.2) is 24.8 Å². The highest BCUT2D eigenvalue weighted by Crippen LogP contribution is 2.15. The monoisotopic (exact) mass is 329 g/mol. The van der Waals surface area contributed by atoms with E-state index in [9.17, 15) is 4.79 Å². The van der Waals surface area contributed by atoms with Crippen LogP contribution >= 0.6 is 0 Å². The van der Waals surface area contributed by atoms with Gasteiger partial charge in [0.15, 0.2) is 11.5 Å². The second kappa shape index (κ2) is 7.39. The van der Waals surface area contributed by atoms with E-state index in [0.717, 1.165) is 49.9 Å². The number of hydrogen-bond donors (Lipinski definition) is 1. The Bertz CT molecular complexity index is 718. The number of hydrogen-bond acceptors (Lipinski definition) is 6. The van der Waals surface area contributed by atoms with Gasteiger partial charge in [-0.15, -0.1) is 21.9 Å². The van der Waals surface area contributed by atoms with Crippen LogP contribution < -0.4 is 10.2 Å². The summed E-state index contributed by atoms with van der Waals surface area (Å²) in [4.78, 5) is 16.2. The van der Waals surface area contributed by atoms with Gasteiger partial charge in [-0.3, -0.25) is 9.69 Å². The molecule has 1 aliphatic rings. The summed E-state index contributed by atoms with van der Waals surface area (Å²) in [5.74, 6) is 1.83. The van der Waals surface area contributed by atoms with E-state index in [2.05, 4.69) is 37.0 Å². The molecule has 8 heteroatoms. The predicted octanol–water partition coefficient (Wildman–Crippen LogP) is 0.111. The van der Waals surface area contributed by atoms with E-state index < -0.39 is 0 Å². The molecule has 1 N–H and O–H groups in total. The van der Waals surface area contributed by atoms with Gasteiger partial charge in [0.1, 0.15) is 5.82 Å². The number of anilines is 1. The molecule has 0 aromatic carbocycles. The number of carbonyl (C=O) groups is 1. The Balaban J connectivity index is 1.60. The maximum absolute atomic E-state index is 11.8. The fourth-order valence-electron chi connectivity index (χ4n) is 2.79. The van der Waals surface area contributed by atoms with Crippen LogP contribution in [-0.2, 0) is 11.2 Å². The van der Waals surface area contributed by atoms with E-state index in [1.165, 1.54) is 0 Å². The number of nitrogens with one attached hydrogen (secondary N) is 1. The molecule has 0 aliphatic carbocycles. The maximum Gasteiger partial charge on any atom is 0.234 e. The molecular weight excluding hydrogens is 306 g/mol. The summed E-state index contributed by atoms with van der Waals surface area (Å²) >= 11 is 0. The third-order valence-corrected chi connectivity index (χ3v) is 4.14. The molecule has 3 rings (SSSR count). The van der Waals surface area contributed by atoms with Gasteiger partial charge in [0.05, 0.1) is 6.54 Å². The third kappa shape index (κ3) is 3.53. The number of fused-ring (bicyclic) bond motifs is 1. The molecule has 2 aromatic heterocycles. The molecule has 1 aliphatic heterocycles. The van der Waals surface area contributed by atoms with Gasteiger partial charge in [0.2, 0.25) is 5.91 Å². The maximum atomic E-state index is 11.8. The minimum atomic E-state index is 0.0416. The largest absolute Gasteiger partial charge is 0.353 e. The number of aromatic nitrogens is 4. The molecule has 1 fully saturated rings. The molecule has 1 saturated heterocycles. The number of aryl methyl sites for hydroxylation is 1. The second-order valence-electron chi connectivity index (χ2n) is 5.79. The lowest BCUT2D eigenvalue weighted by Crippen LogP contribution is -2.49. The van der Waals surface area contributed by atoms with Gasteiger partial charge in [-0.25, -0.2) is 0 Å². The van der Waals surface area contributed by atoms with Gasteiger partial charge in [0.25, 0.3) is 0 Å². The summed E-state index contributed by atoms with van der Waals surface area (Å²) in [7, 11) is 0. The van der Waals surface area contributed by atoms with Crippen molar-refractivity contribution in [2.45, 2.75) is 13.3 Å². The van der Waals surface area contributed by atoms with E-state index in [4.69, 9.17) is 0 Å². The average molecular weight is 329 g/mol. The summed E-state index contributed by atoms with van der Waals surface area (Å²) < 4.78 is 1.81. The zero-order valence-corrected chi connectivity index (χ0v) is 14.0. The number of carbonyl (C=O) groups excluding carboxylic acids is 1. The van der Waals surface area contributed by atoms with Crippen molar-refractivity contribution in [1.82, 2.24) is 30.0 Å². The summed E-state index contributed by atoms with van der Waals surface area (Å²) in [6.07, 6.45) is 2.48. The molecular formula is C16H23N7O. The summed E-state index contributed by atoms with van der Waals surface area (Å²) in [5, 5.41) is 15.7. The Morgan fingerprint density at radius 1 is 1.29 bits per heavy atom. The van der Waals surface area contributed by atoms with Crippen LogP contribution in [0.5, 0.6) is 0 Å². The van der Waals surface area contributed by atoms with Gasteiger partial charge in [-0.2, -0.15) is 4.52 Å². The first kappa shape index (κ1) is 16.4. The molecule has 0 radical (unpaired) electrons. The second-order valence-corrected chi connectivity index (χ2v) is 5.79. The quantitative estimate of drug-likeness (QED) is 0.758. The van der Waals surface area contributed by atoms with Crippen LogP contribution in [-0.4, -0.2) is 69.9 Å². The molecule has 128 valence electrons. The molecule has 0 spiro atoms. The molecule has 1 amide bonds. The topological polar surface area (TPSA) is 78.7 Å². The Kier molecular flexibility index (Phi) is 5.05. The molecule has 0 saturated carbocycles. The first-order valence-corrected chi connectivity index (χ1v) is 8.27. The van der Waals surface area contributed by atoms with E-state index in [1.807, 2.05) is 23.6 Å². The van der Waals surface area contributed by atoms with Crippen LogP contribution in [0.1, 0.15) is 12.7 Å². The SMILES string of the molecule is C=CCNC(=O)CN1CCN(c2ccc3nnc(CC)n3n2)CC1. The lowest BCUT2D eigenvalue weighted by atomic mass is 10.3. The van der Waals surface area contributed by atoms with Crippen LogP contribution in [0.4, 0.5) is 5.82 Å². The van der Waals surface area contributed by atoms with Crippen LogP contribution in [0.25, 0.3) is 5.65 Å². The smallest absolute Gasteiger partial charge is 0.234 e. The van der Waals surface area contributed by atoms with Crippen molar-refractivity contribution in [1.29, 1.82) is 0 Å². The summed E-state index contributed by atoms with van der Waals surface area (Å²) in [5.41, 5.74) is 0.771. The molecule has 3 heterocycles. The average Bonchev–Trinajstić information content (AvgIpc) is 3.03. The Morgan fingerprint density at radius 2 is 2.08 bits per heavy atom. The zero-order valence-electron chi connectivity index (χ0n) is 14.0. The Labute approximate surface area is 141 Å². The molecule has 24 heavy (non-hydrogen) atoms. The van der Waals surface area contributed by atoms with Gasteiger partial charge >= 0.3 is 0 Å². The molecule has 8 nitrogen and oxygen atoms in total. The van der Waals surface area contributed by atoms with E-state index in [0.29, 0.717) is 13.1 Å². The van der Waals surface area contributed by atoms with Gasteiger partial charge in [-0.05, 0) is 12.1 Å². The van der Waals surface area contributed by atoms with Gasteiger partial charge < -0.3 is 10.2 Å².